The van der Waals surface area contributed by atoms with Crippen LogP contribution in [0.2, 0.25) is 0 Å². The van der Waals surface area contributed by atoms with E-state index in [0.717, 1.165) is 11.3 Å². The summed E-state index contributed by atoms with van der Waals surface area (Å²) in [5.41, 5.74) is 0.760. The molecule has 0 aliphatic heterocycles. The number of nitrogens with zero attached hydrogens (tertiary/aromatic N) is 2. The van der Waals surface area contributed by atoms with Crippen LogP contribution in [0.5, 0.6) is 0 Å². The maximum atomic E-state index is 11.6. The predicted octanol–water partition coefficient (Wildman–Crippen LogP) is 1.24. The maximum absolute atomic E-state index is 11.6. The van der Waals surface area contributed by atoms with Gasteiger partial charge in [-0.1, -0.05) is 19.0 Å². The van der Waals surface area contributed by atoms with E-state index in [1.807, 2.05) is 13.8 Å². The Hall–Kier alpha value is -1.19. The van der Waals surface area contributed by atoms with E-state index < -0.39 is 10.2 Å². The van der Waals surface area contributed by atoms with Crippen LogP contribution >= 0.6 is 11.3 Å². The first-order valence-corrected chi connectivity index (χ1v) is 7.62. The lowest BCUT2D eigenvalue weighted by molar-refractivity contribution is 0.319. The van der Waals surface area contributed by atoms with Gasteiger partial charge in [0.15, 0.2) is 5.13 Å². The summed E-state index contributed by atoms with van der Waals surface area (Å²) in [4.78, 5) is 3.99. The molecule has 0 amide bonds. The van der Waals surface area contributed by atoms with E-state index in [2.05, 4.69) is 19.6 Å². The van der Waals surface area contributed by atoms with Crippen molar-refractivity contribution < 1.29 is 13.6 Å². The van der Waals surface area contributed by atoms with Gasteiger partial charge in [0.05, 0.1) is 0 Å². The van der Waals surface area contributed by atoms with E-state index in [1.54, 1.807) is 12.3 Å². The van der Waals surface area contributed by atoms with Crippen molar-refractivity contribution in [2.24, 2.45) is 11.1 Å². The molecule has 18 heavy (non-hydrogen) atoms. The third kappa shape index (κ3) is 4.59. The van der Waals surface area contributed by atoms with Crippen LogP contribution in [0.1, 0.15) is 26.5 Å². The van der Waals surface area contributed by atoms with Crippen LogP contribution in [-0.4, -0.2) is 30.9 Å². The second kappa shape index (κ2) is 6.12. The highest BCUT2D eigenvalue weighted by atomic mass is 32.2. The summed E-state index contributed by atoms with van der Waals surface area (Å²) in [5.74, 6) is 0.220. The highest BCUT2D eigenvalue weighted by molar-refractivity contribution is 7.91. The third-order valence-corrected chi connectivity index (χ3v) is 3.82. The fourth-order valence-electron chi connectivity index (χ4n) is 0.965. The Balaban J connectivity index is 2.70. The quantitative estimate of drug-likeness (QED) is 0.417. The first kappa shape index (κ1) is 14.9. The second-order valence-corrected chi connectivity index (χ2v) is 6.43. The molecule has 0 spiro atoms. The first-order chi connectivity index (χ1) is 8.34. The first-order valence-electron chi connectivity index (χ1n) is 5.26. The average Bonchev–Trinajstić information content (AvgIpc) is 2.73. The van der Waals surface area contributed by atoms with Crippen molar-refractivity contribution in [3.63, 3.8) is 0 Å². The molecule has 1 aromatic heterocycles. The van der Waals surface area contributed by atoms with E-state index >= 15 is 0 Å². The lowest BCUT2D eigenvalue weighted by atomic mass is 10.2. The number of anilines is 1. The molecule has 0 aliphatic rings. The van der Waals surface area contributed by atoms with Gasteiger partial charge in [-0.15, -0.1) is 11.3 Å². The van der Waals surface area contributed by atoms with Gasteiger partial charge in [-0.2, -0.15) is 13.1 Å². The average molecular weight is 292 g/mol. The molecule has 0 unspecified atom stereocenters. The van der Waals surface area contributed by atoms with Gasteiger partial charge in [0.1, 0.15) is 11.4 Å². The van der Waals surface area contributed by atoms with Gasteiger partial charge in [-0.05, 0) is 12.8 Å². The van der Waals surface area contributed by atoms with Crippen LogP contribution in [0, 0.1) is 5.92 Å². The van der Waals surface area contributed by atoms with Crippen LogP contribution in [0.4, 0.5) is 5.13 Å². The van der Waals surface area contributed by atoms with Gasteiger partial charge >= 0.3 is 10.2 Å². The summed E-state index contributed by atoms with van der Waals surface area (Å²) in [6.45, 7) is 5.74. The number of hydrogen-bond donors (Lipinski definition) is 3. The Morgan fingerprint density at radius 2 is 2.28 bits per heavy atom. The molecular formula is C9H16N4O3S2. The highest BCUT2D eigenvalue weighted by Crippen LogP contribution is 2.16. The molecule has 0 saturated carbocycles. The Kier molecular flexibility index (Phi) is 5.05. The predicted molar refractivity (Wildman–Crippen MR) is 71.5 cm³/mol. The zero-order valence-electron chi connectivity index (χ0n) is 10.3. The zero-order chi connectivity index (χ0) is 13.8. The minimum atomic E-state index is -3.60. The van der Waals surface area contributed by atoms with Crippen LogP contribution in [-0.2, 0) is 10.2 Å². The maximum Gasteiger partial charge on any atom is 0.300 e. The van der Waals surface area contributed by atoms with Gasteiger partial charge < -0.3 is 5.21 Å². The number of aromatic nitrogens is 1. The zero-order valence-corrected chi connectivity index (χ0v) is 12.0. The van der Waals surface area contributed by atoms with Crippen molar-refractivity contribution in [1.29, 1.82) is 0 Å². The standard InChI is InChI=1S/C9H16N4O3S2/c1-6(2)4-10-18(15,16)13-9-11-8(5-17-9)7(3)12-14/h5-6,10,14H,4H2,1-3H3,(H,11,13). The number of rotatable bonds is 6. The van der Waals surface area contributed by atoms with E-state index in [9.17, 15) is 8.42 Å². The minimum absolute atomic E-state index is 0.220. The number of thiazole rings is 1. The number of hydrogen-bond acceptors (Lipinski definition) is 6. The minimum Gasteiger partial charge on any atom is -0.411 e. The third-order valence-electron chi connectivity index (χ3n) is 1.93. The summed E-state index contributed by atoms with van der Waals surface area (Å²) in [5, 5.41) is 13.4. The van der Waals surface area contributed by atoms with E-state index in [1.165, 1.54) is 0 Å². The molecule has 0 atom stereocenters. The Morgan fingerprint density at radius 1 is 1.61 bits per heavy atom. The molecule has 1 aromatic rings. The van der Waals surface area contributed by atoms with Crippen molar-refractivity contribution in [2.45, 2.75) is 20.8 Å². The van der Waals surface area contributed by atoms with Crippen LogP contribution in [0.25, 0.3) is 0 Å². The van der Waals surface area contributed by atoms with E-state index in [4.69, 9.17) is 5.21 Å². The van der Waals surface area contributed by atoms with Gasteiger partial charge in [0.2, 0.25) is 0 Å². The molecule has 0 saturated heterocycles. The van der Waals surface area contributed by atoms with Gasteiger partial charge in [0.25, 0.3) is 0 Å². The van der Waals surface area contributed by atoms with Crippen molar-refractivity contribution in [1.82, 2.24) is 9.71 Å². The molecule has 0 aliphatic carbocycles. The van der Waals surface area contributed by atoms with Crippen molar-refractivity contribution >= 4 is 32.4 Å². The van der Waals surface area contributed by atoms with E-state index in [0.29, 0.717) is 18.0 Å². The Morgan fingerprint density at radius 3 is 2.83 bits per heavy atom. The van der Waals surface area contributed by atoms with Crippen LogP contribution in [0.15, 0.2) is 10.5 Å². The van der Waals surface area contributed by atoms with Gasteiger partial charge in [0, 0.05) is 11.9 Å². The fraction of sp³-hybridized carbons (Fsp3) is 0.556. The largest absolute Gasteiger partial charge is 0.411 e. The number of oxime groups is 1. The smallest absolute Gasteiger partial charge is 0.300 e. The number of nitrogens with one attached hydrogen (secondary N) is 2. The molecular weight excluding hydrogens is 276 g/mol. The topological polar surface area (TPSA) is 104 Å². The molecule has 1 rings (SSSR count). The molecule has 0 fully saturated rings. The monoisotopic (exact) mass is 292 g/mol. The van der Waals surface area contributed by atoms with Gasteiger partial charge in [-0.3, -0.25) is 0 Å². The molecule has 9 heteroatoms. The Bertz CT molecular complexity index is 522. The van der Waals surface area contributed by atoms with Gasteiger partial charge in [-0.25, -0.2) is 9.71 Å². The van der Waals surface area contributed by atoms with E-state index in [-0.39, 0.29) is 11.0 Å². The lowest BCUT2D eigenvalue weighted by Gasteiger charge is -2.08. The normalized spacial score (nSPS) is 13.0. The molecule has 3 N–H and O–H groups in total. The summed E-state index contributed by atoms with van der Waals surface area (Å²) < 4.78 is 27.9. The molecule has 7 nitrogen and oxygen atoms in total. The van der Waals surface area contributed by atoms with Crippen molar-refractivity contribution in [3.8, 4) is 0 Å². The highest BCUT2D eigenvalue weighted by Gasteiger charge is 2.13. The lowest BCUT2D eigenvalue weighted by Crippen LogP contribution is -2.32. The summed E-state index contributed by atoms with van der Waals surface area (Å²) in [6, 6.07) is 0. The summed E-state index contributed by atoms with van der Waals surface area (Å²) in [7, 11) is -3.60. The van der Waals surface area contributed by atoms with Crippen LogP contribution < -0.4 is 9.44 Å². The summed E-state index contributed by atoms with van der Waals surface area (Å²) in [6.07, 6.45) is 0. The molecule has 102 valence electrons. The molecule has 0 radical (unpaired) electrons. The Labute approximate surface area is 110 Å². The second-order valence-electron chi connectivity index (χ2n) is 4.07. The summed E-state index contributed by atoms with van der Waals surface area (Å²) >= 11 is 1.12. The van der Waals surface area contributed by atoms with Crippen LogP contribution in [0.3, 0.4) is 0 Å². The molecule has 0 aromatic carbocycles. The van der Waals surface area contributed by atoms with Crippen molar-refractivity contribution in [3.05, 3.63) is 11.1 Å². The fourth-order valence-corrected chi connectivity index (χ4v) is 2.99. The molecule has 0 bridgehead atoms. The SMILES string of the molecule is CC(=NO)c1csc(NS(=O)(=O)NCC(C)C)n1. The molecule has 1 heterocycles. The van der Waals surface area contributed by atoms with Crippen molar-refractivity contribution in [2.75, 3.05) is 11.3 Å².